The summed E-state index contributed by atoms with van der Waals surface area (Å²) in [6.45, 7) is 0. The molecule has 500 valence electrons. The van der Waals surface area contributed by atoms with E-state index in [1.165, 1.54) is 21.5 Å². The fourth-order valence-electron chi connectivity index (χ4n) is 16.6. The molecule has 0 aliphatic rings. The molecule has 0 saturated heterocycles. The third kappa shape index (κ3) is 9.23. The molecule has 0 saturated carbocycles. The van der Waals surface area contributed by atoms with Crippen LogP contribution in [0.3, 0.4) is 0 Å². The molecule has 14 aromatic carbocycles. The highest BCUT2D eigenvalue weighted by molar-refractivity contribution is 6.27. The molecule has 10 heterocycles. The van der Waals surface area contributed by atoms with Crippen LogP contribution in [0.4, 0.5) is 0 Å². The number of benzene rings is 14. The Morgan fingerprint density at radius 1 is 0.222 bits per heavy atom. The number of rotatable bonds is 6. The SMILES string of the molecule is c1ccc(-c2nc3c(ccc4cc(-c5ccc6c(c5)c5ccccc5c5nc7cc8c(cn7c65)oc5ccccc58)ccc43)nc2-c2ccccn2)cc1.c1ccc(-c2nc3ccc4ccc(-c5ccc6c(c5)c5ccccc5c5nc7cc8c(cn7c65)oc5ccccc58)cc4c3nc2-c2ccccn2)cc1. The van der Waals surface area contributed by atoms with Crippen LogP contribution in [-0.2, 0) is 0 Å². The normalized spacial score (nSPS) is 12.1. The van der Waals surface area contributed by atoms with Crippen LogP contribution in [0, 0.1) is 0 Å². The molecule has 0 aliphatic heterocycles. The Labute approximate surface area is 613 Å². The molecule has 0 unspecified atom stereocenters. The van der Waals surface area contributed by atoms with Gasteiger partial charge in [-0.2, -0.15) is 0 Å². The Morgan fingerprint density at radius 3 is 1.17 bits per heavy atom. The molecule has 0 bridgehead atoms. The quantitative estimate of drug-likeness (QED) is 0.148. The molecule has 0 amide bonds. The summed E-state index contributed by atoms with van der Waals surface area (Å²) in [4.78, 5) is 40.7. The second-order valence-electron chi connectivity index (χ2n) is 27.7. The number of nitrogens with zero attached hydrogens (tertiary/aromatic N) is 10. The van der Waals surface area contributed by atoms with Gasteiger partial charge in [0.15, 0.2) is 11.2 Å². The van der Waals surface area contributed by atoms with Crippen molar-refractivity contribution in [2.45, 2.75) is 0 Å². The summed E-state index contributed by atoms with van der Waals surface area (Å²) >= 11 is 0. The maximum atomic E-state index is 6.32. The van der Waals surface area contributed by atoms with Crippen LogP contribution in [-0.4, -0.2) is 48.7 Å². The Kier molecular flexibility index (Phi) is 12.9. The highest BCUT2D eigenvalue weighted by Gasteiger charge is 2.23. The predicted octanol–water partition coefficient (Wildman–Crippen LogP) is 24.4. The first-order valence-electron chi connectivity index (χ1n) is 36.1. The lowest BCUT2D eigenvalue weighted by molar-refractivity contribution is 0.666. The van der Waals surface area contributed by atoms with Crippen LogP contribution in [0.5, 0.6) is 0 Å². The fraction of sp³-hybridized carbons (Fsp3) is 0. The van der Waals surface area contributed by atoms with Crippen LogP contribution in [0.15, 0.2) is 337 Å². The Bertz CT molecular complexity index is 7930. The molecule has 108 heavy (non-hydrogen) atoms. The van der Waals surface area contributed by atoms with E-state index in [4.69, 9.17) is 38.7 Å². The van der Waals surface area contributed by atoms with E-state index in [1.54, 1.807) is 12.4 Å². The zero-order valence-corrected chi connectivity index (χ0v) is 57.5. The number of para-hydroxylation sites is 2. The molecular formula is C96H54N10O2. The van der Waals surface area contributed by atoms with Crippen molar-refractivity contribution < 1.29 is 8.83 Å². The van der Waals surface area contributed by atoms with Gasteiger partial charge < -0.3 is 8.83 Å². The summed E-state index contributed by atoms with van der Waals surface area (Å²) in [6.07, 6.45) is 7.80. The molecule has 0 spiro atoms. The maximum Gasteiger partial charge on any atom is 0.152 e. The van der Waals surface area contributed by atoms with Gasteiger partial charge in [-0.15, -0.1) is 0 Å². The zero-order chi connectivity index (χ0) is 70.7. The third-order valence-corrected chi connectivity index (χ3v) is 21.6. The van der Waals surface area contributed by atoms with Crippen molar-refractivity contribution in [2.24, 2.45) is 0 Å². The van der Waals surface area contributed by atoms with Gasteiger partial charge in [-0.25, -0.2) is 29.9 Å². The molecule has 0 N–H and O–H groups in total. The van der Waals surface area contributed by atoms with E-state index in [9.17, 15) is 0 Å². The lowest BCUT2D eigenvalue weighted by Gasteiger charge is -2.13. The summed E-state index contributed by atoms with van der Waals surface area (Å²) < 4.78 is 17.0. The van der Waals surface area contributed by atoms with Gasteiger partial charge in [0, 0.05) is 77.4 Å². The number of aromatic nitrogens is 10. The number of hydrogen-bond donors (Lipinski definition) is 0. The highest BCUT2D eigenvalue weighted by atomic mass is 16.3. The highest BCUT2D eigenvalue weighted by Crippen LogP contribution is 2.44. The van der Waals surface area contributed by atoms with Gasteiger partial charge in [-0.1, -0.05) is 218 Å². The molecule has 0 atom stereocenters. The molecule has 12 heteroatoms. The zero-order valence-electron chi connectivity index (χ0n) is 57.5. The summed E-state index contributed by atoms with van der Waals surface area (Å²) in [7, 11) is 0. The number of furan rings is 2. The average molecular weight is 1380 g/mol. The molecule has 24 aromatic rings. The minimum Gasteiger partial charge on any atom is -0.455 e. The van der Waals surface area contributed by atoms with E-state index < -0.39 is 0 Å². The van der Waals surface area contributed by atoms with Crippen molar-refractivity contribution in [3.05, 3.63) is 328 Å². The molecule has 0 aliphatic carbocycles. The molecule has 24 rings (SSSR count). The van der Waals surface area contributed by atoms with E-state index in [2.05, 4.69) is 237 Å². The molecule has 0 radical (unpaired) electrons. The van der Waals surface area contributed by atoms with Gasteiger partial charge in [0.2, 0.25) is 0 Å². The molecule has 12 nitrogen and oxygen atoms in total. The Morgan fingerprint density at radius 2 is 0.630 bits per heavy atom. The number of fused-ring (bicyclic) bond motifs is 28. The second-order valence-corrected chi connectivity index (χ2v) is 27.7. The lowest BCUT2D eigenvalue weighted by Crippen LogP contribution is -1.97. The van der Waals surface area contributed by atoms with Gasteiger partial charge in [0.25, 0.3) is 0 Å². The van der Waals surface area contributed by atoms with E-state index in [-0.39, 0.29) is 0 Å². The maximum absolute atomic E-state index is 6.32. The summed E-state index contributed by atoms with van der Waals surface area (Å²) in [5, 5.41) is 17.9. The first kappa shape index (κ1) is 59.6. The summed E-state index contributed by atoms with van der Waals surface area (Å²) in [5.74, 6) is 0. The topological polar surface area (TPSA) is 138 Å². The fourth-order valence-corrected chi connectivity index (χ4v) is 16.6. The number of imidazole rings is 2. The standard InChI is InChI=1S/2C48H27N5O/c1-2-10-28(11-3-1)44-47(39-15-8-9-23-49-39)50-40-22-19-31-24-29(17-20-32(31)45(40)52-44)30-18-21-36-37(25-30)33-12-4-5-14-35(33)46-48(36)53-27-42-38(26-43(53)51-46)34-13-6-7-16-41(34)54-42;1-2-10-29(11-3-1)44-47(39-15-8-9-23-49-39)52-45-36-24-30(18-17-28(36)20-22-40(45)50-44)31-19-21-35-37(25-31)32-12-4-5-14-34(32)46-48(35)53-27-42-38(26-43(53)51-46)33-13-6-7-16-41(33)54-42/h2*1-27H. The van der Waals surface area contributed by atoms with Crippen LogP contribution < -0.4 is 0 Å². The van der Waals surface area contributed by atoms with Crippen molar-refractivity contribution in [2.75, 3.05) is 0 Å². The van der Waals surface area contributed by atoms with Gasteiger partial charge >= 0.3 is 0 Å². The lowest BCUT2D eigenvalue weighted by atomic mass is 9.94. The van der Waals surface area contributed by atoms with Gasteiger partial charge in [0.1, 0.15) is 33.8 Å². The van der Waals surface area contributed by atoms with Crippen molar-refractivity contribution in [1.29, 1.82) is 0 Å². The third-order valence-electron chi connectivity index (χ3n) is 21.6. The minimum absolute atomic E-state index is 0.765. The Hall–Kier alpha value is -14.9. The van der Waals surface area contributed by atoms with Crippen molar-refractivity contribution >= 4 is 164 Å². The minimum atomic E-state index is 0.765. The van der Waals surface area contributed by atoms with Crippen molar-refractivity contribution in [1.82, 2.24) is 48.7 Å². The van der Waals surface area contributed by atoms with E-state index in [0.717, 1.165) is 210 Å². The smallest absolute Gasteiger partial charge is 0.152 e. The van der Waals surface area contributed by atoms with Crippen LogP contribution in [0.25, 0.3) is 231 Å². The number of pyridine rings is 4. The largest absolute Gasteiger partial charge is 0.455 e. The van der Waals surface area contributed by atoms with Crippen molar-refractivity contribution in [3.8, 4) is 67.5 Å². The van der Waals surface area contributed by atoms with Crippen LogP contribution in [0.1, 0.15) is 0 Å². The monoisotopic (exact) mass is 1380 g/mol. The molecule has 10 aromatic heterocycles. The van der Waals surface area contributed by atoms with Crippen LogP contribution >= 0.6 is 0 Å². The first-order valence-corrected chi connectivity index (χ1v) is 36.1. The first-order chi connectivity index (χ1) is 53.5. The molecular weight excluding hydrogens is 1330 g/mol. The summed E-state index contributed by atoms with van der Waals surface area (Å²) in [5.41, 5.74) is 24.1. The average Bonchev–Trinajstić information content (AvgIpc) is 1.54. The predicted molar refractivity (Wildman–Crippen MR) is 439 cm³/mol. The summed E-state index contributed by atoms with van der Waals surface area (Å²) in [6, 6.07) is 105. The van der Waals surface area contributed by atoms with Gasteiger partial charge in [-0.05, 0) is 140 Å². The second kappa shape index (κ2) is 23.3. The van der Waals surface area contributed by atoms with E-state index in [1.807, 2.05) is 97.1 Å². The van der Waals surface area contributed by atoms with Gasteiger partial charge in [-0.3, -0.25) is 18.8 Å². The van der Waals surface area contributed by atoms with E-state index in [0.29, 0.717) is 0 Å². The van der Waals surface area contributed by atoms with E-state index >= 15 is 0 Å². The number of hydrogen-bond acceptors (Lipinski definition) is 10. The molecule has 0 fully saturated rings. The van der Waals surface area contributed by atoms with Crippen molar-refractivity contribution in [3.63, 3.8) is 0 Å². The van der Waals surface area contributed by atoms with Crippen LogP contribution in [0.2, 0.25) is 0 Å². The Balaban J connectivity index is 0.000000130. The van der Waals surface area contributed by atoms with Gasteiger partial charge in [0.05, 0.1) is 79.3 Å².